The van der Waals surface area contributed by atoms with Crippen LogP contribution in [0.1, 0.15) is 23.2 Å². The van der Waals surface area contributed by atoms with Crippen LogP contribution in [0.5, 0.6) is 5.75 Å². The van der Waals surface area contributed by atoms with Gasteiger partial charge in [0.1, 0.15) is 5.75 Å². The quantitative estimate of drug-likeness (QED) is 0.758. The van der Waals surface area contributed by atoms with Gasteiger partial charge in [0.25, 0.3) is 0 Å². The van der Waals surface area contributed by atoms with E-state index >= 15 is 0 Å². The fraction of sp³-hybridized carbons (Fsp3) is 0.333. The molecule has 0 radical (unpaired) electrons. The molecule has 0 heterocycles. The second-order valence-corrected chi connectivity index (χ2v) is 4.09. The van der Waals surface area contributed by atoms with E-state index in [0.717, 1.165) is 12.8 Å². The van der Waals surface area contributed by atoms with Crippen LogP contribution < -0.4 is 15.4 Å². The number of aromatic carboxylic acids is 1. The summed E-state index contributed by atoms with van der Waals surface area (Å²) in [5.74, 6) is -0.684. The van der Waals surface area contributed by atoms with Crippen LogP contribution in [0.25, 0.3) is 0 Å². The van der Waals surface area contributed by atoms with E-state index in [1.807, 2.05) is 0 Å². The van der Waals surface area contributed by atoms with Gasteiger partial charge in [0.15, 0.2) is 0 Å². The lowest BCUT2D eigenvalue weighted by molar-refractivity contribution is 0.0697. The van der Waals surface area contributed by atoms with Gasteiger partial charge in [-0.05, 0) is 31.0 Å². The fourth-order valence-electron chi connectivity index (χ4n) is 1.51. The number of carbonyl (C=O) groups is 2. The predicted octanol–water partition coefficient (Wildman–Crippen LogP) is 1.68. The van der Waals surface area contributed by atoms with Gasteiger partial charge in [0.05, 0.1) is 18.4 Å². The topological polar surface area (TPSA) is 87.7 Å². The number of hydrogen-bond acceptors (Lipinski definition) is 3. The first-order chi connectivity index (χ1) is 8.60. The van der Waals surface area contributed by atoms with Crippen molar-refractivity contribution < 1.29 is 19.4 Å². The molecule has 6 heteroatoms. The molecule has 0 saturated heterocycles. The van der Waals surface area contributed by atoms with E-state index in [-0.39, 0.29) is 23.3 Å². The van der Waals surface area contributed by atoms with Gasteiger partial charge in [-0.1, -0.05) is 0 Å². The Hall–Kier alpha value is -2.24. The number of rotatable bonds is 4. The van der Waals surface area contributed by atoms with Crippen LogP contribution in [-0.2, 0) is 0 Å². The molecule has 96 valence electrons. The van der Waals surface area contributed by atoms with Crippen LogP contribution in [0, 0.1) is 0 Å². The Balaban J connectivity index is 2.14. The van der Waals surface area contributed by atoms with Gasteiger partial charge in [0, 0.05) is 6.04 Å². The molecule has 0 spiro atoms. The predicted molar refractivity (Wildman–Crippen MR) is 65.1 cm³/mol. The summed E-state index contributed by atoms with van der Waals surface area (Å²) >= 11 is 0. The smallest absolute Gasteiger partial charge is 0.337 e. The number of ether oxygens (including phenoxy) is 1. The third kappa shape index (κ3) is 2.91. The molecule has 0 aliphatic heterocycles. The molecule has 6 nitrogen and oxygen atoms in total. The van der Waals surface area contributed by atoms with Crippen LogP contribution in [0.4, 0.5) is 10.5 Å². The number of urea groups is 1. The van der Waals surface area contributed by atoms with Crippen LogP contribution in [0.3, 0.4) is 0 Å². The molecule has 2 rings (SSSR count). The van der Waals surface area contributed by atoms with E-state index < -0.39 is 5.97 Å². The molecule has 0 bridgehead atoms. The van der Waals surface area contributed by atoms with Crippen LogP contribution >= 0.6 is 0 Å². The summed E-state index contributed by atoms with van der Waals surface area (Å²) in [4.78, 5) is 22.6. The molecule has 1 aliphatic rings. The molecule has 1 aromatic rings. The number of carboxylic acids is 1. The number of amides is 2. The van der Waals surface area contributed by atoms with Gasteiger partial charge in [-0.15, -0.1) is 0 Å². The highest BCUT2D eigenvalue weighted by molar-refractivity contribution is 6.00. The number of anilines is 1. The summed E-state index contributed by atoms with van der Waals surface area (Å²) in [5, 5.41) is 14.3. The van der Waals surface area contributed by atoms with E-state index in [0.29, 0.717) is 5.75 Å². The van der Waals surface area contributed by atoms with E-state index in [2.05, 4.69) is 10.6 Å². The number of benzene rings is 1. The highest BCUT2D eigenvalue weighted by atomic mass is 16.5. The Morgan fingerprint density at radius 1 is 1.39 bits per heavy atom. The maximum Gasteiger partial charge on any atom is 0.337 e. The molecule has 18 heavy (non-hydrogen) atoms. The Bertz CT molecular complexity index is 483. The lowest BCUT2D eigenvalue weighted by Gasteiger charge is -2.10. The van der Waals surface area contributed by atoms with E-state index in [1.165, 1.54) is 19.2 Å². The summed E-state index contributed by atoms with van der Waals surface area (Å²) in [6.45, 7) is 0. The Morgan fingerprint density at radius 2 is 2.11 bits per heavy atom. The largest absolute Gasteiger partial charge is 0.497 e. The minimum absolute atomic E-state index is 0.000275. The van der Waals surface area contributed by atoms with Crippen molar-refractivity contribution in [3.63, 3.8) is 0 Å². The lowest BCUT2D eigenvalue weighted by atomic mass is 10.1. The molecule has 1 saturated carbocycles. The molecule has 1 fully saturated rings. The summed E-state index contributed by atoms with van der Waals surface area (Å²) in [5.41, 5.74) is 0.252. The number of nitrogens with one attached hydrogen (secondary N) is 2. The molecule has 1 aromatic carbocycles. The van der Waals surface area contributed by atoms with Crippen molar-refractivity contribution >= 4 is 17.7 Å². The molecule has 0 unspecified atom stereocenters. The van der Waals surface area contributed by atoms with Crippen molar-refractivity contribution in [2.24, 2.45) is 0 Å². The molecule has 1 aliphatic carbocycles. The lowest BCUT2D eigenvalue weighted by Crippen LogP contribution is -2.31. The van der Waals surface area contributed by atoms with Gasteiger partial charge >= 0.3 is 12.0 Å². The van der Waals surface area contributed by atoms with E-state index in [9.17, 15) is 9.59 Å². The molecule has 0 atom stereocenters. The number of carbonyl (C=O) groups excluding carboxylic acids is 1. The minimum atomic E-state index is -1.12. The van der Waals surface area contributed by atoms with Crippen molar-refractivity contribution in [3.05, 3.63) is 23.8 Å². The summed E-state index contributed by atoms with van der Waals surface area (Å²) < 4.78 is 4.95. The standard InChI is InChI=1S/C12H14N2O4/c1-18-8-4-5-10(9(6-8)11(15)16)14-12(17)13-7-2-3-7/h4-7H,2-3H2,1H3,(H,15,16)(H2,13,14,17). The van der Waals surface area contributed by atoms with Crippen LogP contribution in [0.15, 0.2) is 18.2 Å². The summed E-state index contributed by atoms with van der Waals surface area (Å²) in [6.07, 6.45) is 1.95. The van der Waals surface area contributed by atoms with E-state index in [1.54, 1.807) is 6.07 Å². The third-order valence-electron chi connectivity index (χ3n) is 2.62. The normalized spacial score (nSPS) is 13.8. The number of hydrogen-bond donors (Lipinski definition) is 3. The van der Waals surface area contributed by atoms with Gasteiger partial charge in [0.2, 0.25) is 0 Å². The second-order valence-electron chi connectivity index (χ2n) is 4.09. The Kier molecular flexibility index (Phi) is 3.36. The maximum absolute atomic E-state index is 11.5. The highest BCUT2D eigenvalue weighted by Gasteiger charge is 2.23. The number of methoxy groups -OCH3 is 1. The first kappa shape index (κ1) is 12.2. The average molecular weight is 250 g/mol. The molecule has 3 N–H and O–H groups in total. The SMILES string of the molecule is COc1ccc(NC(=O)NC2CC2)c(C(=O)O)c1. The highest BCUT2D eigenvalue weighted by Crippen LogP contribution is 2.23. The molecule has 2 amide bonds. The monoisotopic (exact) mass is 250 g/mol. The number of carboxylic acid groups (broad SMARTS) is 1. The van der Waals surface area contributed by atoms with Crippen molar-refractivity contribution in [3.8, 4) is 5.75 Å². The van der Waals surface area contributed by atoms with Crippen molar-refractivity contribution in [2.45, 2.75) is 18.9 Å². The first-order valence-corrected chi connectivity index (χ1v) is 5.59. The Labute approximate surface area is 104 Å². The summed E-state index contributed by atoms with van der Waals surface area (Å²) in [6, 6.07) is 4.31. The third-order valence-corrected chi connectivity index (χ3v) is 2.62. The van der Waals surface area contributed by atoms with Gasteiger partial charge in [-0.2, -0.15) is 0 Å². The zero-order valence-corrected chi connectivity index (χ0v) is 9.90. The molecule has 0 aromatic heterocycles. The fourth-order valence-corrected chi connectivity index (χ4v) is 1.51. The van der Waals surface area contributed by atoms with Crippen molar-refractivity contribution in [2.75, 3.05) is 12.4 Å². The van der Waals surface area contributed by atoms with Crippen LogP contribution in [-0.4, -0.2) is 30.3 Å². The Morgan fingerprint density at radius 3 is 2.67 bits per heavy atom. The van der Waals surface area contributed by atoms with Crippen molar-refractivity contribution in [1.29, 1.82) is 0 Å². The minimum Gasteiger partial charge on any atom is -0.497 e. The second kappa shape index (κ2) is 4.95. The van der Waals surface area contributed by atoms with Crippen molar-refractivity contribution in [1.82, 2.24) is 5.32 Å². The maximum atomic E-state index is 11.5. The molecular formula is C12H14N2O4. The van der Waals surface area contributed by atoms with E-state index in [4.69, 9.17) is 9.84 Å². The van der Waals surface area contributed by atoms with Gasteiger partial charge < -0.3 is 20.5 Å². The van der Waals surface area contributed by atoms with Crippen LogP contribution in [0.2, 0.25) is 0 Å². The zero-order valence-electron chi connectivity index (χ0n) is 9.90. The summed E-state index contributed by atoms with van der Waals surface area (Å²) in [7, 11) is 1.45. The average Bonchev–Trinajstić information content (AvgIpc) is 3.13. The molecular weight excluding hydrogens is 236 g/mol. The van der Waals surface area contributed by atoms with Gasteiger partial charge in [-0.25, -0.2) is 9.59 Å². The van der Waals surface area contributed by atoms with Gasteiger partial charge in [-0.3, -0.25) is 0 Å². The zero-order chi connectivity index (χ0) is 13.1. The first-order valence-electron chi connectivity index (χ1n) is 5.59.